The quantitative estimate of drug-likeness (QED) is 0.613. The van der Waals surface area contributed by atoms with Crippen molar-refractivity contribution < 1.29 is 9.90 Å². The lowest BCUT2D eigenvalue weighted by atomic mass is 9.78. The van der Waals surface area contributed by atoms with E-state index in [0.29, 0.717) is 11.1 Å². The Hall–Kier alpha value is -3.27. The number of H-pyrrole nitrogens is 1. The summed E-state index contributed by atoms with van der Waals surface area (Å²) in [5.74, 6) is -0.132. The Morgan fingerprint density at radius 1 is 1.17 bits per heavy atom. The lowest BCUT2D eigenvalue weighted by Gasteiger charge is -2.47. The average molecular weight is 384 g/mol. The van der Waals surface area contributed by atoms with Crippen LogP contribution in [0, 0.1) is 6.92 Å². The summed E-state index contributed by atoms with van der Waals surface area (Å²) < 4.78 is 0. The lowest BCUT2D eigenvalue weighted by Crippen LogP contribution is -2.48. The summed E-state index contributed by atoms with van der Waals surface area (Å²) >= 11 is 0. The van der Waals surface area contributed by atoms with Crippen LogP contribution >= 0.6 is 0 Å². The molecule has 2 N–H and O–H groups in total. The highest BCUT2D eigenvalue weighted by molar-refractivity contribution is 6.12. The van der Waals surface area contributed by atoms with E-state index in [2.05, 4.69) is 48.9 Å². The van der Waals surface area contributed by atoms with Crippen LogP contribution in [0.1, 0.15) is 41.0 Å². The second-order valence-corrected chi connectivity index (χ2v) is 8.30. The molecule has 5 rings (SSSR count). The average Bonchev–Trinajstić information content (AvgIpc) is 3.07. The smallest absolute Gasteiger partial charge is 0.198 e. The van der Waals surface area contributed by atoms with Gasteiger partial charge in [-0.25, -0.2) is 0 Å². The number of nitrogens with zero attached hydrogens (tertiary/aromatic N) is 1. The number of rotatable bonds is 2. The maximum atomic E-state index is 13.1. The molecule has 1 aromatic heterocycles. The number of fused-ring (bicyclic) bond motifs is 5. The fourth-order valence-electron chi connectivity index (χ4n) is 4.78. The molecule has 0 saturated carbocycles. The Morgan fingerprint density at radius 3 is 2.76 bits per heavy atom. The van der Waals surface area contributed by atoms with Crippen LogP contribution in [0.4, 0.5) is 0 Å². The number of ketones is 1. The Bertz CT molecular complexity index is 1230. The molecule has 2 aliphatic rings. The summed E-state index contributed by atoms with van der Waals surface area (Å²) in [6.07, 6.45) is 4.86. The summed E-state index contributed by atoms with van der Waals surface area (Å²) in [5.41, 5.74) is 6.76. The molecule has 1 atom stereocenters. The van der Waals surface area contributed by atoms with Crippen molar-refractivity contribution in [3.63, 3.8) is 0 Å². The van der Waals surface area contributed by atoms with Crippen molar-refractivity contribution in [2.24, 2.45) is 0 Å². The molecular weight excluding hydrogens is 360 g/mol. The van der Waals surface area contributed by atoms with Gasteiger partial charge in [-0.3, -0.25) is 4.79 Å². The fourth-order valence-corrected chi connectivity index (χ4v) is 4.78. The summed E-state index contributed by atoms with van der Waals surface area (Å²) in [7, 11) is 0. The van der Waals surface area contributed by atoms with Crippen LogP contribution in [-0.2, 0) is 12.0 Å². The molecular formula is C25H24N2O2. The third kappa shape index (κ3) is 2.48. The number of hydrogen-bond acceptors (Lipinski definition) is 3. The molecule has 2 aliphatic heterocycles. The van der Waals surface area contributed by atoms with Crippen molar-refractivity contribution in [2.45, 2.75) is 32.7 Å². The zero-order valence-electron chi connectivity index (χ0n) is 16.9. The Balaban J connectivity index is 1.61. The van der Waals surface area contributed by atoms with E-state index in [1.165, 1.54) is 22.2 Å². The molecule has 2 aromatic carbocycles. The number of aromatic nitrogens is 1. The number of Topliss-reactive ketones (excluding diaryl/α,β-unsaturated/α-hetero) is 1. The van der Waals surface area contributed by atoms with Crippen LogP contribution in [0.25, 0.3) is 10.9 Å². The van der Waals surface area contributed by atoms with Crippen LogP contribution in [0.3, 0.4) is 0 Å². The molecule has 1 unspecified atom stereocenters. The first-order valence-corrected chi connectivity index (χ1v) is 10.0. The molecule has 0 aliphatic carbocycles. The number of phenolic OH excluding ortho intramolecular Hbond substituents is 1. The molecule has 0 spiro atoms. The summed E-state index contributed by atoms with van der Waals surface area (Å²) in [6.45, 7) is 7.27. The van der Waals surface area contributed by atoms with Gasteiger partial charge in [0.05, 0.1) is 11.1 Å². The number of aromatic hydroxyl groups is 1. The van der Waals surface area contributed by atoms with Gasteiger partial charge >= 0.3 is 0 Å². The van der Waals surface area contributed by atoms with Crippen LogP contribution in [-0.4, -0.2) is 27.3 Å². The van der Waals surface area contributed by atoms with Crippen molar-refractivity contribution in [3.8, 4) is 5.75 Å². The number of carbonyl (C=O) groups excluding carboxylic acids is 1. The normalized spacial score (nSPS) is 20.7. The van der Waals surface area contributed by atoms with E-state index in [-0.39, 0.29) is 17.1 Å². The Morgan fingerprint density at radius 2 is 1.97 bits per heavy atom. The second kappa shape index (κ2) is 6.11. The fraction of sp³-hybridized carbons (Fsp3) is 0.240. The molecule has 0 amide bonds. The predicted molar refractivity (Wildman–Crippen MR) is 115 cm³/mol. The summed E-state index contributed by atoms with van der Waals surface area (Å²) in [6, 6.07) is 13.3. The third-order valence-electron chi connectivity index (χ3n) is 6.57. The van der Waals surface area contributed by atoms with Gasteiger partial charge in [0.2, 0.25) is 0 Å². The molecule has 3 aromatic rings. The molecule has 29 heavy (non-hydrogen) atoms. The van der Waals surface area contributed by atoms with Crippen molar-refractivity contribution >= 4 is 16.7 Å². The number of allylic oxidation sites excluding steroid dienone is 2. The first kappa shape index (κ1) is 17.8. The van der Waals surface area contributed by atoms with Crippen molar-refractivity contribution in [2.75, 3.05) is 6.54 Å². The minimum Gasteiger partial charge on any atom is -0.507 e. The molecule has 0 fully saturated rings. The molecule has 0 bridgehead atoms. The van der Waals surface area contributed by atoms with E-state index >= 15 is 0 Å². The third-order valence-corrected chi connectivity index (χ3v) is 6.57. The zero-order valence-corrected chi connectivity index (χ0v) is 16.9. The van der Waals surface area contributed by atoms with Gasteiger partial charge in [-0.1, -0.05) is 23.8 Å². The highest BCUT2D eigenvalue weighted by atomic mass is 16.3. The number of benzene rings is 2. The first-order valence-electron chi connectivity index (χ1n) is 10.0. The number of nitrogens with one attached hydrogen (secondary N) is 1. The maximum Gasteiger partial charge on any atom is 0.198 e. The van der Waals surface area contributed by atoms with Crippen LogP contribution < -0.4 is 0 Å². The molecule has 0 radical (unpaired) electrons. The largest absolute Gasteiger partial charge is 0.507 e. The van der Waals surface area contributed by atoms with Gasteiger partial charge in [-0.2, -0.15) is 0 Å². The van der Waals surface area contributed by atoms with Crippen LogP contribution in [0.5, 0.6) is 5.75 Å². The number of carbonyl (C=O) groups is 1. The van der Waals surface area contributed by atoms with Gasteiger partial charge in [0.15, 0.2) is 5.78 Å². The van der Waals surface area contributed by atoms with E-state index in [9.17, 15) is 9.90 Å². The standard InChI is InChI=1S/C25H24N2O2/c1-15-8-9-21-20(12-15)18-10-11-27-14-17(13-16(2)25(27,3)24(18)26-21)23(29)19-6-4-5-7-22(19)28/h4-9,12-14,26,28H,10-11H2,1-3H3. The van der Waals surface area contributed by atoms with E-state index in [1.807, 2.05) is 12.3 Å². The van der Waals surface area contributed by atoms with Gasteiger partial charge < -0.3 is 15.0 Å². The summed E-state index contributed by atoms with van der Waals surface area (Å²) in [4.78, 5) is 19.0. The number of aromatic amines is 1. The predicted octanol–water partition coefficient (Wildman–Crippen LogP) is 4.98. The number of hydrogen-bond donors (Lipinski definition) is 2. The zero-order chi connectivity index (χ0) is 20.3. The number of para-hydroxylation sites is 1. The van der Waals surface area contributed by atoms with E-state index in [1.54, 1.807) is 24.3 Å². The minimum absolute atomic E-state index is 0.0182. The van der Waals surface area contributed by atoms with Crippen LogP contribution in [0.2, 0.25) is 0 Å². The molecule has 0 saturated heterocycles. The monoisotopic (exact) mass is 384 g/mol. The Kier molecular flexibility index (Phi) is 3.75. The molecule has 4 nitrogen and oxygen atoms in total. The molecule has 146 valence electrons. The van der Waals surface area contributed by atoms with E-state index in [0.717, 1.165) is 24.1 Å². The molecule has 4 heteroatoms. The summed E-state index contributed by atoms with van der Waals surface area (Å²) in [5, 5.41) is 11.4. The number of phenols is 1. The topological polar surface area (TPSA) is 56.3 Å². The number of aryl methyl sites for hydroxylation is 1. The first-order chi connectivity index (χ1) is 13.9. The van der Waals surface area contributed by atoms with Gasteiger partial charge in [-0.15, -0.1) is 0 Å². The van der Waals surface area contributed by atoms with Crippen molar-refractivity contribution in [3.05, 3.63) is 88.3 Å². The Labute approximate surface area is 170 Å². The second-order valence-electron chi connectivity index (χ2n) is 8.30. The van der Waals surface area contributed by atoms with Crippen LogP contribution in [0.15, 0.2) is 65.9 Å². The van der Waals surface area contributed by atoms with Gasteiger partial charge in [0.25, 0.3) is 0 Å². The van der Waals surface area contributed by atoms with Gasteiger partial charge in [0.1, 0.15) is 5.75 Å². The van der Waals surface area contributed by atoms with Crippen molar-refractivity contribution in [1.82, 2.24) is 9.88 Å². The van der Waals surface area contributed by atoms with E-state index < -0.39 is 0 Å². The minimum atomic E-state index is -0.316. The highest BCUT2D eigenvalue weighted by Crippen LogP contribution is 2.46. The van der Waals surface area contributed by atoms with Gasteiger partial charge in [0, 0.05) is 34.9 Å². The van der Waals surface area contributed by atoms with Crippen molar-refractivity contribution in [1.29, 1.82) is 0 Å². The SMILES string of the molecule is CC1=CC(C(=O)c2ccccc2O)=CN2CCc3c([nH]c4ccc(C)cc34)C12C. The molecule has 3 heterocycles. The lowest BCUT2D eigenvalue weighted by molar-refractivity contribution is 0.102. The maximum absolute atomic E-state index is 13.1. The van der Waals surface area contributed by atoms with Gasteiger partial charge in [-0.05, 0) is 68.7 Å². The van der Waals surface area contributed by atoms with E-state index in [4.69, 9.17) is 0 Å². The highest BCUT2D eigenvalue weighted by Gasteiger charge is 2.43.